The van der Waals surface area contributed by atoms with Crippen LogP contribution in [0, 0.1) is 17.7 Å². The summed E-state index contributed by atoms with van der Waals surface area (Å²) in [6, 6.07) is 13.9. The first-order valence-electron chi connectivity index (χ1n) is 5.48. The minimum Gasteiger partial charge on any atom is -0.373 e. The van der Waals surface area contributed by atoms with Crippen molar-refractivity contribution in [3.8, 4) is 11.8 Å². The van der Waals surface area contributed by atoms with Gasteiger partial charge in [0.15, 0.2) is 0 Å². The predicted octanol–water partition coefficient (Wildman–Crippen LogP) is 3.94. The lowest BCUT2D eigenvalue weighted by Gasteiger charge is -2.04. The van der Waals surface area contributed by atoms with Gasteiger partial charge < -0.3 is 5.32 Å². The molecule has 3 heteroatoms. The van der Waals surface area contributed by atoms with E-state index in [0.717, 1.165) is 5.56 Å². The van der Waals surface area contributed by atoms with Gasteiger partial charge in [0.25, 0.3) is 0 Å². The summed E-state index contributed by atoms with van der Waals surface area (Å²) >= 11 is 5.87. The second-order valence-corrected chi connectivity index (χ2v) is 4.05. The summed E-state index contributed by atoms with van der Waals surface area (Å²) < 4.78 is 12.8. The molecule has 2 aromatic rings. The molecule has 0 unspecified atom stereocenters. The molecular weight excluding hydrogens is 249 g/mol. The van der Waals surface area contributed by atoms with Crippen molar-refractivity contribution in [2.75, 3.05) is 11.9 Å². The van der Waals surface area contributed by atoms with E-state index < -0.39 is 0 Å². The van der Waals surface area contributed by atoms with Crippen LogP contribution < -0.4 is 5.32 Å². The van der Waals surface area contributed by atoms with Crippen molar-refractivity contribution >= 4 is 17.3 Å². The highest BCUT2D eigenvalue weighted by molar-refractivity contribution is 6.33. The van der Waals surface area contributed by atoms with Gasteiger partial charge in [0.05, 0.1) is 17.3 Å². The van der Waals surface area contributed by atoms with E-state index >= 15 is 0 Å². The molecule has 0 aliphatic carbocycles. The number of rotatable bonds is 2. The fourth-order valence-electron chi connectivity index (χ4n) is 1.44. The van der Waals surface area contributed by atoms with Crippen LogP contribution >= 0.6 is 11.6 Å². The maximum absolute atomic E-state index is 12.8. The van der Waals surface area contributed by atoms with Crippen molar-refractivity contribution in [1.29, 1.82) is 0 Å². The van der Waals surface area contributed by atoms with E-state index in [1.165, 1.54) is 12.1 Å². The number of anilines is 1. The monoisotopic (exact) mass is 259 g/mol. The second kappa shape index (κ2) is 6.09. The van der Waals surface area contributed by atoms with Crippen LogP contribution in [0.4, 0.5) is 10.1 Å². The Hall–Kier alpha value is -1.98. The summed E-state index contributed by atoms with van der Waals surface area (Å²) in [5, 5.41) is 3.40. The van der Waals surface area contributed by atoms with Crippen LogP contribution in [-0.2, 0) is 0 Å². The van der Waals surface area contributed by atoms with E-state index in [9.17, 15) is 4.39 Å². The van der Waals surface area contributed by atoms with Gasteiger partial charge in [-0.25, -0.2) is 4.39 Å². The van der Waals surface area contributed by atoms with Gasteiger partial charge in [-0.1, -0.05) is 41.6 Å². The highest BCUT2D eigenvalue weighted by atomic mass is 35.5. The second-order valence-electron chi connectivity index (χ2n) is 3.65. The topological polar surface area (TPSA) is 12.0 Å². The van der Waals surface area contributed by atoms with E-state index in [-0.39, 0.29) is 5.82 Å². The number of hydrogen-bond donors (Lipinski definition) is 1. The van der Waals surface area contributed by atoms with Gasteiger partial charge in [0.1, 0.15) is 5.82 Å². The summed E-state index contributed by atoms with van der Waals surface area (Å²) in [5.74, 6) is 5.65. The molecule has 2 aromatic carbocycles. The van der Waals surface area contributed by atoms with Crippen LogP contribution in [0.1, 0.15) is 5.56 Å². The maximum Gasteiger partial charge on any atom is 0.124 e. The smallest absolute Gasteiger partial charge is 0.124 e. The summed E-state index contributed by atoms with van der Waals surface area (Å²) in [6.45, 7) is 0.459. The van der Waals surface area contributed by atoms with E-state index in [1.54, 1.807) is 6.07 Å². The van der Waals surface area contributed by atoms with E-state index in [1.807, 2.05) is 30.3 Å². The van der Waals surface area contributed by atoms with Crippen LogP contribution in [0.5, 0.6) is 0 Å². The lowest BCUT2D eigenvalue weighted by molar-refractivity contribution is 0.628. The Kier molecular flexibility index (Phi) is 4.22. The molecule has 0 aliphatic heterocycles. The lowest BCUT2D eigenvalue weighted by atomic mass is 10.2. The number of hydrogen-bond acceptors (Lipinski definition) is 1. The molecule has 1 nitrogen and oxygen atoms in total. The van der Waals surface area contributed by atoms with E-state index in [2.05, 4.69) is 17.2 Å². The zero-order valence-electron chi connectivity index (χ0n) is 9.58. The van der Waals surface area contributed by atoms with Crippen molar-refractivity contribution in [2.45, 2.75) is 0 Å². The van der Waals surface area contributed by atoms with Crippen molar-refractivity contribution in [1.82, 2.24) is 0 Å². The SMILES string of the molecule is Fc1ccc(NCC#Cc2ccccc2)c(Cl)c1. The third-order valence-electron chi connectivity index (χ3n) is 2.30. The number of nitrogens with one attached hydrogen (secondary N) is 1. The number of halogens is 2. The van der Waals surface area contributed by atoms with Gasteiger partial charge in [-0.05, 0) is 30.3 Å². The van der Waals surface area contributed by atoms with Crippen molar-refractivity contribution in [2.24, 2.45) is 0 Å². The van der Waals surface area contributed by atoms with Crippen molar-refractivity contribution in [3.63, 3.8) is 0 Å². The fourth-order valence-corrected chi connectivity index (χ4v) is 1.67. The van der Waals surface area contributed by atoms with Gasteiger partial charge >= 0.3 is 0 Å². The normalized spacial score (nSPS) is 9.44. The fraction of sp³-hybridized carbons (Fsp3) is 0.0667. The first kappa shape index (κ1) is 12.5. The Morgan fingerprint density at radius 1 is 1.11 bits per heavy atom. The van der Waals surface area contributed by atoms with Crippen LogP contribution in [0.15, 0.2) is 48.5 Å². The van der Waals surface area contributed by atoms with Crippen LogP contribution in [0.25, 0.3) is 0 Å². The summed E-state index contributed by atoms with van der Waals surface area (Å²) in [7, 11) is 0. The lowest BCUT2D eigenvalue weighted by Crippen LogP contribution is -1.99. The highest BCUT2D eigenvalue weighted by Gasteiger charge is 1.99. The average molecular weight is 260 g/mol. The molecule has 0 atom stereocenters. The quantitative estimate of drug-likeness (QED) is 0.806. The van der Waals surface area contributed by atoms with Crippen molar-refractivity contribution < 1.29 is 4.39 Å². The van der Waals surface area contributed by atoms with E-state index in [4.69, 9.17) is 11.6 Å². The molecule has 0 heterocycles. The zero-order chi connectivity index (χ0) is 12.8. The maximum atomic E-state index is 12.8. The Labute approximate surface area is 111 Å². The summed E-state index contributed by atoms with van der Waals surface area (Å²) in [5.41, 5.74) is 1.64. The summed E-state index contributed by atoms with van der Waals surface area (Å²) in [4.78, 5) is 0. The number of benzene rings is 2. The van der Waals surface area contributed by atoms with Gasteiger partial charge in [0, 0.05) is 5.56 Å². The first-order chi connectivity index (χ1) is 8.75. The van der Waals surface area contributed by atoms with Crippen LogP contribution in [-0.4, -0.2) is 6.54 Å². The largest absolute Gasteiger partial charge is 0.373 e. The molecule has 0 saturated carbocycles. The van der Waals surface area contributed by atoms with E-state index in [0.29, 0.717) is 17.3 Å². The van der Waals surface area contributed by atoms with Gasteiger partial charge in [0.2, 0.25) is 0 Å². The zero-order valence-corrected chi connectivity index (χ0v) is 10.3. The van der Waals surface area contributed by atoms with Gasteiger partial charge in [-0.3, -0.25) is 0 Å². The van der Waals surface area contributed by atoms with Gasteiger partial charge in [-0.2, -0.15) is 0 Å². The van der Waals surface area contributed by atoms with Crippen LogP contribution in [0.2, 0.25) is 5.02 Å². The molecule has 0 aliphatic rings. The third kappa shape index (κ3) is 3.51. The standard InChI is InChI=1S/C15H11ClFN/c16-14-11-13(17)8-9-15(14)18-10-4-7-12-5-2-1-3-6-12/h1-3,5-6,8-9,11,18H,10H2. The van der Waals surface area contributed by atoms with Crippen molar-refractivity contribution in [3.05, 3.63) is 64.9 Å². The molecule has 90 valence electrons. The molecule has 0 saturated heterocycles. The first-order valence-corrected chi connectivity index (χ1v) is 5.86. The highest BCUT2D eigenvalue weighted by Crippen LogP contribution is 2.21. The predicted molar refractivity (Wildman–Crippen MR) is 73.2 cm³/mol. The van der Waals surface area contributed by atoms with Gasteiger partial charge in [-0.15, -0.1) is 0 Å². The minimum absolute atomic E-state index is 0.346. The molecule has 0 aromatic heterocycles. The van der Waals surface area contributed by atoms with Crippen LogP contribution in [0.3, 0.4) is 0 Å². The Bertz CT molecular complexity index is 584. The molecule has 0 spiro atoms. The Balaban J connectivity index is 1.95. The molecular formula is C15H11ClFN. The average Bonchev–Trinajstić information content (AvgIpc) is 2.38. The molecule has 0 bridgehead atoms. The third-order valence-corrected chi connectivity index (χ3v) is 2.62. The molecule has 1 N–H and O–H groups in total. The Morgan fingerprint density at radius 2 is 1.89 bits per heavy atom. The molecule has 0 amide bonds. The molecule has 18 heavy (non-hydrogen) atoms. The molecule has 0 radical (unpaired) electrons. The Morgan fingerprint density at radius 3 is 2.61 bits per heavy atom. The molecule has 2 rings (SSSR count). The summed E-state index contributed by atoms with van der Waals surface area (Å²) in [6.07, 6.45) is 0. The molecule has 0 fully saturated rings. The minimum atomic E-state index is -0.346.